The normalized spacial score (nSPS) is 21.0. The first-order valence-corrected chi connectivity index (χ1v) is 6.49. The summed E-state index contributed by atoms with van der Waals surface area (Å²) in [5, 5.41) is 0. The van der Waals surface area contributed by atoms with Gasteiger partial charge in [-0.05, 0) is 13.1 Å². The molecule has 0 N–H and O–H groups in total. The van der Waals surface area contributed by atoms with E-state index in [0.717, 1.165) is 19.6 Å². The Hall–Kier alpha value is -1.69. The average Bonchev–Trinajstić information content (AvgIpc) is 2.61. The minimum atomic E-state index is -0.0358. The molecule has 104 valence electrons. The number of nitrogens with zero attached hydrogens (tertiary/aromatic N) is 5. The lowest BCUT2D eigenvalue weighted by Gasteiger charge is -2.25. The highest BCUT2D eigenvalue weighted by atomic mass is 16.2. The summed E-state index contributed by atoms with van der Waals surface area (Å²) < 4.78 is 0. The van der Waals surface area contributed by atoms with Crippen molar-refractivity contribution in [2.45, 2.75) is 0 Å². The maximum atomic E-state index is 12.2. The molecule has 1 aromatic heterocycles. The smallest absolute Gasteiger partial charge is 0.228 e. The maximum absolute atomic E-state index is 12.2. The van der Waals surface area contributed by atoms with Crippen LogP contribution >= 0.6 is 0 Å². The largest absolute Gasteiger partial charge is 0.348 e. The summed E-state index contributed by atoms with van der Waals surface area (Å²) in [6.45, 7) is 3.21. The zero-order valence-electron chi connectivity index (χ0n) is 11.8. The van der Waals surface area contributed by atoms with E-state index < -0.39 is 0 Å². The molecule has 6 nitrogen and oxygen atoms in total. The second kappa shape index (κ2) is 5.97. The van der Waals surface area contributed by atoms with Gasteiger partial charge >= 0.3 is 0 Å². The van der Waals surface area contributed by atoms with Gasteiger partial charge in [0.1, 0.15) is 0 Å². The second-order valence-corrected chi connectivity index (χ2v) is 5.19. The molecule has 1 aliphatic rings. The lowest BCUT2D eigenvalue weighted by molar-refractivity contribution is -0.133. The third-order valence-electron chi connectivity index (χ3n) is 3.35. The molecule has 0 spiro atoms. The van der Waals surface area contributed by atoms with Gasteiger partial charge in [0.25, 0.3) is 0 Å². The number of hydrogen-bond donors (Lipinski definition) is 0. The van der Waals surface area contributed by atoms with Gasteiger partial charge in [-0.1, -0.05) is 0 Å². The molecule has 0 unspecified atom stereocenters. The van der Waals surface area contributed by atoms with E-state index in [1.54, 1.807) is 37.5 Å². The molecule has 0 bridgehead atoms. The van der Waals surface area contributed by atoms with Crippen LogP contribution in [0.4, 0.5) is 5.95 Å². The highest BCUT2D eigenvalue weighted by Crippen LogP contribution is 2.15. The van der Waals surface area contributed by atoms with Crippen molar-refractivity contribution in [3.63, 3.8) is 0 Å². The highest BCUT2D eigenvalue weighted by Gasteiger charge is 2.28. The summed E-state index contributed by atoms with van der Waals surface area (Å²) >= 11 is 0. The SMILES string of the molecule is CN1CCN(c2ncccn2)C[C@H](C(=O)N(C)C)C1. The van der Waals surface area contributed by atoms with Crippen LogP contribution in [0.5, 0.6) is 0 Å². The number of amides is 1. The highest BCUT2D eigenvalue weighted by molar-refractivity contribution is 5.79. The molecular formula is C13H21N5O. The van der Waals surface area contributed by atoms with E-state index in [1.807, 2.05) is 7.05 Å². The molecule has 19 heavy (non-hydrogen) atoms. The number of anilines is 1. The fourth-order valence-electron chi connectivity index (χ4n) is 2.33. The van der Waals surface area contributed by atoms with Gasteiger partial charge < -0.3 is 14.7 Å². The predicted octanol–water partition coefficient (Wildman–Crippen LogP) is -0.0672. The van der Waals surface area contributed by atoms with Crippen molar-refractivity contribution in [2.75, 3.05) is 52.2 Å². The van der Waals surface area contributed by atoms with Crippen LogP contribution in [0, 0.1) is 5.92 Å². The lowest BCUT2D eigenvalue weighted by Crippen LogP contribution is -2.40. The fourth-order valence-corrected chi connectivity index (χ4v) is 2.33. The third-order valence-corrected chi connectivity index (χ3v) is 3.35. The molecule has 1 atom stereocenters. The number of carbonyl (C=O) groups is 1. The minimum absolute atomic E-state index is 0.0358. The Kier molecular flexibility index (Phi) is 4.31. The van der Waals surface area contributed by atoms with E-state index >= 15 is 0 Å². The van der Waals surface area contributed by atoms with Crippen molar-refractivity contribution in [1.29, 1.82) is 0 Å². The molecule has 0 saturated carbocycles. The number of likely N-dealkylation sites (N-methyl/N-ethyl adjacent to an activating group) is 1. The van der Waals surface area contributed by atoms with Gasteiger partial charge in [-0.3, -0.25) is 4.79 Å². The number of rotatable bonds is 2. The number of carbonyl (C=O) groups excluding carboxylic acids is 1. The van der Waals surface area contributed by atoms with Crippen molar-refractivity contribution in [3.05, 3.63) is 18.5 Å². The Labute approximate surface area is 114 Å². The Morgan fingerprint density at radius 2 is 1.95 bits per heavy atom. The molecule has 1 fully saturated rings. The molecule has 1 aliphatic heterocycles. The van der Waals surface area contributed by atoms with Crippen molar-refractivity contribution in [3.8, 4) is 0 Å². The lowest BCUT2D eigenvalue weighted by atomic mass is 10.1. The van der Waals surface area contributed by atoms with Crippen molar-refractivity contribution in [2.24, 2.45) is 5.92 Å². The molecule has 2 rings (SSSR count). The van der Waals surface area contributed by atoms with Gasteiger partial charge in [0.05, 0.1) is 5.92 Å². The summed E-state index contributed by atoms with van der Waals surface area (Å²) in [6.07, 6.45) is 3.47. The molecule has 0 aliphatic carbocycles. The van der Waals surface area contributed by atoms with Crippen LogP contribution in [-0.4, -0.2) is 73.0 Å². The fraction of sp³-hybridized carbons (Fsp3) is 0.615. The van der Waals surface area contributed by atoms with Gasteiger partial charge in [0.2, 0.25) is 11.9 Å². The topological polar surface area (TPSA) is 52.6 Å². The second-order valence-electron chi connectivity index (χ2n) is 5.19. The molecule has 2 heterocycles. The standard InChI is InChI=1S/C13H21N5O/c1-16(2)12(19)11-9-17(3)7-8-18(10-11)13-14-5-4-6-15-13/h4-6,11H,7-10H2,1-3H3/t11-/m1/s1. The van der Waals surface area contributed by atoms with Gasteiger partial charge in [0.15, 0.2) is 0 Å². The summed E-state index contributed by atoms with van der Waals surface area (Å²) in [4.78, 5) is 26.7. The minimum Gasteiger partial charge on any atom is -0.348 e. The number of hydrogen-bond acceptors (Lipinski definition) is 5. The molecule has 0 radical (unpaired) electrons. The van der Waals surface area contributed by atoms with E-state index in [0.29, 0.717) is 12.5 Å². The van der Waals surface area contributed by atoms with Crippen LogP contribution in [0.25, 0.3) is 0 Å². The molecule has 6 heteroatoms. The van der Waals surface area contributed by atoms with E-state index in [9.17, 15) is 4.79 Å². The zero-order valence-corrected chi connectivity index (χ0v) is 11.8. The van der Waals surface area contributed by atoms with Crippen LogP contribution in [-0.2, 0) is 4.79 Å². The van der Waals surface area contributed by atoms with Crippen LogP contribution in [0.15, 0.2) is 18.5 Å². The quantitative estimate of drug-likeness (QED) is 0.748. The molecule has 0 aromatic carbocycles. The summed E-state index contributed by atoms with van der Waals surface area (Å²) in [5.41, 5.74) is 0. The van der Waals surface area contributed by atoms with E-state index in [4.69, 9.17) is 0 Å². The monoisotopic (exact) mass is 263 g/mol. The predicted molar refractivity (Wildman–Crippen MR) is 73.9 cm³/mol. The van der Waals surface area contributed by atoms with Gasteiger partial charge in [-0.15, -0.1) is 0 Å². The van der Waals surface area contributed by atoms with Gasteiger partial charge in [-0.2, -0.15) is 0 Å². The van der Waals surface area contributed by atoms with Crippen molar-refractivity contribution < 1.29 is 4.79 Å². The van der Waals surface area contributed by atoms with Crippen molar-refractivity contribution >= 4 is 11.9 Å². The Morgan fingerprint density at radius 3 is 2.58 bits per heavy atom. The molecule has 1 saturated heterocycles. The number of aromatic nitrogens is 2. The van der Waals surface area contributed by atoms with Crippen LogP contribution in [0.3, 0.4) is 0 Å². The van der Waals surface area contributed by atoms with Crippen LogP contribution in [0.2, 0.25) is 0 Å². The van der Waals surface area contributed by atoms with Crippen LogP contribution < -0.4 is 4.90 Å². The third kappa shape index (κ3) is 3.41. The average molecular weight is 263 g/mol. The van der Waals surface area contributed by atoms with Crippen molar-refractivity contribution in [1.82, 2.24) is 19.8 Å². The molecule has 1 amide bonds. The first kappa shape index (κ1) is 13.7. The maximum Gasteiger partial charge on any atom is 0.228 e. The Balaban J connectivity index is 2.16. The van der Waals surface area contributed by atoms with Crippen LogP contribution in [0.1, 0.15) is 0 Å². The molecular weight excluding hydrogens is 242 g/mol. The molecule has 1 aromatic rings. The Morgan fingerprint density at radius 1 is 1.26 bits per heavy atom. The van der Waals surface area contributed by atoms with E-state index in [-0.39, 0.29) is 11.8 Å². The Bertz CT molecular complexity index is 422. The van der Waals surface area contributed by atoms with E-state index in [1.165, 1.54) is 0 Å². The summed E-state index contributed by atoms with van der Waals surface area (Å²) in [5.74, 6) is 0.829. The summed E-state index contributed by atoms with van der Waals surface area (Å²) in [7, 11) is 5.65. The summed E-state index contributed by atoms with van der Waals surface area (Å²) in [6, 6.07) is 1.80. The first-order chi connectivity index (χ1) is 9.08. The first-order valence-electron chi connectivity index (χ1n) is 6.49. The van der Waals surface area contributed by atoms with Gasteiger partial charge in [0, 0.05) is 52.7 Å². The zero-order chi connectivity index (χ0) is 13.8. The van der Waals surface area contributed by atoms with Gasteiger partial charge in [-0.25, -0.2) is 9.97 Å². The van der Waals surface area contributed by atoms with E-state index in [2.05, 4.69) is 19.8 Å².